The molecule has 2 fully saturated rings. The SMILES string of the molecule is CNC(=O)c1cnc2[nH]ccc2c1NC1CC2CCC(C1)N2Cc1ccc(OC)cc1. The van der Waals surface area contributed by atoms with E-state index in [1.165, 1.54) is 18.4 Å². The number of amides is 1. The molecule has 2 unspecified atom stereocenters. The van der Waals surface area contributed by atoms with Crippen molar-refractivity contribution in [2.45, 2.75) is 50.4 Å². The molecule has 3 aromatic rings. The molecule has 7 heteroatoms. The third kappa shape index (κ3) is 3.74. The van der Waals surface area contributed by atoms with E-state index in [1.807, 2.05) is 24.4 Å². The number of fused-ring (bicyclic) bond motifs is 3. The summed E-state index contributed by atoms with van der Waals surface area (Å²) in [6.45, 7) is 0.979. The third-order valence-electron chi connectivity index (χ3n) is 6.82. The number of aromatic amines is 1. The van der Waals surface area contributed by atoms with Gasteiger partial charge >= 0.3 is 0 Å². The van der Waals surface area contributed by atoms with Crippen LogP contribution in [0.2, 0.25) is 0 Å². The third-order valence-corrected chi connectivity index (χ3v) is 6.82. The Labute approximate surface area is 182 Å². The van der Waals surface area contributed by atoms with Crippen LogP contribution < -0.4 is 15.4 Å². The van der Waals surface area contributed by atoms with Crippen LogP contribution >= 0.6 is 0 Å². The highest BCUT2D eigenvalue weighted by Crippen LogP contribution is 2.39. The van der Waals surface area contributed by atoms with Gasteiger partial charge in [-0.15, -0.1) is 0 Å². The van der Waals surface area contributed by atoms with Gasteiger partial charge in [-0.1, -0.05) is 12.1 Å². The number of ether oxygens (including phenoxy) is 1. The second kappa shape index (κ2) is 8.23. The molecule has 2 aliphatic rings. The Morgan fingerprint density at radius 3 is 2.61 bits per heavy atom. The van der Waals surface area contributed by atoms with E-state index in [9.17, 15) is 4.79 Å². The van der Waals surface area contributed by atoms with Gasteiger partial charge in [0.1, 0.15) is 11.4 Å². The Kier molecular flexibility index (Phi) is 5.28. The lowest BCUT2D eigenvalue weighted by Crippen LogP contribution is -2.46. The molecule has 1 aromatic carbocycles. The van der Waals surface area contributed by atoms with Crippen LogP contribution in [-0.2, 0) is 6.54 Å². The summed E-state index contributed by atoms with van der Waals surface area (Å²) >= 11 is 0. The van der Waals surface area contributed by atoms with Crippen LogP contribution in [0.25, 0.3) is 11.0 Å². The summed E-state index contributed by atoms with van der Waals surface area (Å²) in [5, 5.41) is 7.44. The molecule has 0 aliphatic carbocycles. The molecule has 31 heavy (non-hydrogen) atoms. The van der Waals surface area contributed by atoms with Crippen molar-refractivity contribution in [3.63, 3.8) is 0 Å². The molecule has 1 amide bonds. The van der Waals surface area contributed by atoms with E-state index in [0.717, 1.165) is 41.9 Å². The number of aromatic nitrogens is 2. The first-order chi connectivity index (χ1) is 15.2. The predicted molar refractivity (Wildman–Crippen MR) is 121 cm³/mol. The molecular weight excluding hydrogens is 390 g/mol. The van der Waals surface area contributed by atoms with Gasteiger partial charge < -0.3 is 20.4 Å². The minimum absolute atomic E-state index is 0.113. The van der Waals surface area contributed by atoms with Gasteiger partial charge in [0.2, 0.25) is 0 Å². The van der Waals surface area contributed by atoms with Gasteiger partial charge in [-0.3, -0.25) is 9.69 Å². The maximum Gasteiger partial charge on any atom is 0.254 e. The molecule has 162 valence electrons. The van der Waals surface area contributed by atoms with E-state index in [2.05, 4.69) is 37.6 Å². The average molecular weight is 420 g/mol. The fourth-order valence-electron chi connectivity index (χ4n) is 5.27. The lowest BCUT2D eigenvalue weighted by Gasteiger charge is -2.39. The summed E-state index contributed by atoms with van der Waals surface area (Å²) in [7, 11) is 3.36. The zero-order valence-corrected chi connectivity index (χ0v) is 18.0. The van der Waals surface area contributed by atoms with Gasteiger partial charge in [-0.25, -0.2) is 4.98 Å². The monoisotopic (exact) mass is 419 g/mol. The molecular formula is C24H29N5O2. The number of pyridine rings is 1. The second-order valence-electron chi connectivity index (χ2n) is 8.58. The van der Waals surface area contributed by atoms with Crippen LogP contribution in [0.1, 0.15) is 41.6 Å². The van der Waals surface area contributed by atoms with Crippen LogP contribution in [-0.4, -0.2) is 53.1 Å². The van der Waals surface area contributed by atoms with Crippen molar-refractivity contribution in [1.82, 2.24) is 20.2 Å². The summed E-state index contributed by atoms with van der Waals surface area (Å²) in [5.74, 6) is 0.785. The van der Waals surface area contributed by atoms with Gasteiger partial charge in [-0.2, -0.15) is 0 Å². The summed E-state index contributed by atoms with van der Waals surface area (Å²) < 4.78 is 5.29. The zero-order chi connectivity index (χ0) is 21.4. The number of H-pyrrole nitrogens is 1. The van der Waals surface area contributed by atoms with E-state index in [1.54, 1.807) is 20.4 Å². The summed E-state index contributed by atoms with van der Waals surface area (Å²) in [6, 6.07) is 11.9. The van der Waals surface area contributed by atoms with E-state index in [4.69, 9.17) is 4.74 Å². The van der Waals surface area contributed by atoms with Gasteiger partial charge in [0, 0.05) is 49.5 Å². The van der Waals surface area contributed by atoms with Crippen molar-refractivity contribution in [1.29, 1.82) is 0 Å². The molecule has 0 radical (unpaired) electrons. The molecule has 3 N–H and O–H groups in total. The molecule has 4 heterocycles. The van der Waals surface area contributed by atoms with Crippen LogP contribution in [0.4, 0.5) is 5.69 Å². The standard InChI is InChI=1S/C24H29N5O2/c1-25-24(30)21-13-27-23-20(9-10-26-23)22(21)28-16-11-17-5-6-18(12-16)29(17)14-15-3-7-19(31-2)8-4-15/h3-4,7-10,13,16-18H,5-6,11-12,14H2,1-2H3,(H,25,30)(H2,26,27,28). The fourth-order valence-corrected chi connectivity index (χ4v) is 5.27. The number of anilines is 1. The number of rotatable bonds is 6. The largest absolute Gasteiger partial charge is 0.497 e. The van der Waals surface area contributed by atoms with Crippen LogP contribution in [0.15, 0.2) is 42.7 Å². The Morgan fingerprint density at radius 1 is 1.19 bits per heavy atom. The predicted octanol–water partition coefficient (Wildman–Crippen LogP) is 3.54. The fraction of sp³-hybridized carbons (Fsp3) is 0.417. The Hall–Kier alpha value is -3.06. The summed E-state index contributed by atoms with van der Waals surface area (Å²) in [5.41, 5.74) is 3.62. The maximum absolute atomic E-state index is 12.5. The maximum atomic E-state index is 12.5. The molecule has 0 saturated carbocycles. The van der Waals surface area contributed by atoms with Gasteiger partial charge in [0.25, 0.3) is 5.91 Å². The van der Waals surface area contributed by atoms with Crippen LogP contribution in [0, 0.1) is 0 Å². The summed E-state index contributed by atoms with van der Waals surface area (Å²) in [6.07, 6.45) is 8.15. The molecule has 2 saturated heterocycles. The number of benzene rings is 1. The number of nitrogens with zero attached hydrogens (tertiary/aromatic N) is 2. The summed E-state index contributed by atoms with van der Waals surface area (Å²) in [4.78, 5) is 22.7. The highest BCUT2D eigenvalue weighted by molar-refractivity contribution is 6.06. The van der Waals surface area contributed by atoms with E-state index in [0.29, 0.717) is 23.7 Å². The van der Waals surface area contributed by atoms with Crippen molar-refractivity contribution in [2.24, 2.45) is 0 Å². The van der Waals surface area contributed by atoms with E-state index in [-0.39, 0.29) is 5.91 Å². The Bertz CT molecular complexity index is 1060. The zero-order valence-electron chi connectivity index (χ0n) is 18.0. The number of hydrogen-bond acceptors (Lipinski definition) is 5. The Balaban J connectivity index is 1.33. The topological polar surface area (TPSA) is 82.3 Å². The lowest BCUT2D eigenvalue weighted by molar-refractivity contribution is 0.0963. The van der Waals surface area contributed by atoms with Gasteiger partial charge in [0.05, 0.1) is 18.4 Å². The molecule has 2 bridgehead atoms. The van der Waals surface area contributed by atoms with Crippen LogP contribution in [0.3, 0.4) is 0 Å². The van der Waals surface area contributed by atoms with Crippen molar-refractivity contribution >= 4 is 22.6 Å². The molecule has 2 aliphatic heterocycles. The number of hydrogen-bond donors (Lipinski definition) is 3. The van der Waals surface area contributed by atoms with Crippen molar-refractivity contribution in [2.75, 3.05) is 19.5 Å². The normalized spacial score (nSPS) is 23.1. The number of methoxy groups -OCH3 is 1. The second-order valence-corrected chi connectivity index (χ2v) is 8.58. The molecule has 5 rings (SSSR count). The lowest BCUT2D eigenvalue weighted by atomic mass is 9.95. The first kappa shape index (κ1) is 19.9. The molecule has 2 aromatic heterocycles. The Morgan fingerprint density at radius 2 is 1.94 bits per heavy atom. The molecule has 0 spiro atoms. The number of carbonyl (C=O) groups is 1. The highest BCUT2D eigenvalue weighted by Gasteiger charge is 2.40. The van der Waals surface area contributed by atoms with Gasteiger partial charge in [0.15, 0.2) is 0 Å². The quantitative estimate of drug-likeness (QED) is 0.569. The van der Waals surface area contributed by atoms with Crippen molar-refractivity contribution in [3.05, 3.63) is 53.9 Å². The van der Waals surface area contributed by atoms with Crippen molar-refractivity contribution in [3.8, 4) is 5.75 Å². The average Bonchev–Trinajstić information content (AvgIpc) is 3.36. The first-order valence-corrected chi connectivity index (χ1v) is 11.0. The molecule has 7 nitrogen and oxygen atoms in total. The van der Waals surface area contributed by atoms with Crippen molar-refractivity contribution < 1.29 is 9.53 Å². The minimum Gasteiger partial charge on any atom is -0.497 e. The number of piperidine rings is 1. The number of carbonyl (C=O) groups excluding carboxylic acids is 1. The minimum atomic E-state index is -0.113. The first-order valence-electron chi connectivity index (χ1n) is 11.0. The van der Waals surface area contributed by atoms with E-state index >= 15 is 0 Å². The molecule has 2 atom stereocenters. The number of nitrogens with one attached hydrogen (secondary N) is 3. The smallest absolute Gasteiger partial charge is 0.254 e. The van der Waals surface area contributed by atoms with Crippen LogP contribution in [0.5, 0.6) is 5.75 Å². The van der Waals surface area contributed by atoms with E-state index < -0.39 is 0 Å². The van der Waals surface area contributed by atoms with Gasteiger partial charge in [-0.05, 0) is 49.4 Å². The highest BCUT2D eigenvalue weighted by atomic mass is 16.5.